The fraction of sp³-hybridized carbons (Fsp3) is 0.167. The van der Waals surface area contributed by atoms with Gasteiger partial charge < -0.3 is 9.26 Å². The molecule has 0 saturated heterocycles. The molecule has 80 valence electrons. The Balaban J connectivity index is 2.02. The van der Waals surface area contributed by atoms with Gasteiger partial charge >= 0.3 is 0 Å². The SMILES string of the molecule is Cc1cc(COc2cccc(C#N)c2)no1. The molecule has 0 aliphatic heterocycles. The molecule has 0 atom stereocenters. The van der Waals surface area contributed by atoms with Gasteiger partial charge in [-0.3, -0.25) is 0 Å². The summed E-state index contributed by atoms with van der Waals surface area (Å²) in [7, 11) is 0. The zero-order valence-electron chi connectivity index (χ0n) is 8.80. The fourth-order valence-electron chi connectivity index (χ4n) is 1.30. The minimum Gasteiger partial charge on any atom is -0.487 e. The van der Waals surface area contributed by atoms with Crippen LogP contribution in [0.25, 0.3) is 0 Å². The van der Waals surface area contributed by atoms with E-state index in [-0.39, 0.29) is 0 Å². The summed E-state index contributed by atoms with van der Waals surface area (Å²) < 4.78 is 10.4. The zero-order valence-corrected chi connectivity index (χ0v) is 8.80. The van der Waals surface area contributed by atoms with Gasteiger partial charge in [0.1, 0.15) is 23.8 Å². The molecule has 2 rings (SSSR count). The van der Waals surface area contributed by atoms with Gasteiger partial charge in [0.25, 0.3) is 0 Å². The molecule has 0 amide bonds. The maximum absolute atomic E-state index is 8.72. The molecule has 4 nitrogen and oxygen atoms in total. The molecule has 1 heterocycles. The van der Waals surface area contributed by atoms with Gasteiger partial charge in [0.05, 0.1) is 11.6 Å². The number of aryl methyl sites for hydroxylation is 1. The van der Waals surface area contributed by atoms with Crippen LogP contribution in [0.4, 0.5) is 0 Å². The fourth-order valence-corrected chi connectivity index (χ4v) is 1.30. The normalized spacial score (nSPS) is 9.75. The number of hydrogen-bond acceptors (Lipinski definition) is 4. The smallest absolute Gasteiger partial charge is 0.134 e. The average molecular weight is 214 g/mol. The summed E-state index contributed by atoms with van der Waals surface area (Å²) in [5.74, 6) is 1.41. The second-order valence-electron chi connectivity index (χ2n) is 3.36. The Bertz CT molecular complexity index is 526. The van der Waals surface area contributed by atoms with Crippen LogP contribution in [0.3, 0.4) is 0 Å². The van der Waals surface area contributed by atoms with E-state index in [1.54, 1.807) is 24.3 Å². The molecule has 0 bridgehead atoms. The Labute approximate surface area is 93.1 Å². The molecule has 16 heavy (non-hydrogen) atoms. The van der Waals surface area contributed by atoms with Crippen molar-refractivity contribution in [2.24, 2.45) is 0 Å². The molecule has 0 saturated carbocycles. The van der Waals surface area contributed by atoms with Gasteiger partial charge in [-0.2, -0.15) is 5.26 Å². The zero-order chi connectivity index (χ0) is 11.4. The predicted molar refractivity (Wildman–Crippen MR) is 56.7 cm³/mol. The van der Waals surface area contributed by atoms with Crippen LogP contribution in [0.15, 0.2) is 34.9 Å². The molecule has 0 aliphatic rings. The van der Waals surface area contributed by atoms with E-state index in [1.807, 2.05) is 13.0 Å². The van der Waals surface area contributed by atoms with Crippen molar-refractivity contribution in [2.45, 2.75) is 13.5 Å². The lowest BCUT2D eigenvalue weighted by atomic mass is 10.2. The van der Waals surface area contributed by atoms with Crippen LogP contribution in [0.5, 0.6) is 5.75 Å². The first kappa shape index (κ1) is 10.2. The summed E-state index contributed by atoms with van der Waals surface area (Å²) in [6.07, 6.45) is 0. The molecule has 4 heteroatoms. The number of benzene rings is 1. The third-order valence-corrected chi connectivity index (χ3v) is 2.03. The van der Waals surface area contributed by atoms with Crippen LogP contribution in [0, 0.1) is 18.3 Å². The number of hydrogen-bond donors (Lipinski definition) is 0. The number of ether oxygens (including phenoxy) is 1. The molecule has 0 radical (unpaired) electrons. The summed E-state index contributed by atoms with van der Waals surface area (Å²) in [5, 5.41) is 12.5. The maximum Gasteiger partial charge on any atom is 0.134 e. The number of rotatable bonds is 3. The van der Waals surface area contributed by atoms with Crippen LogP contribution in [0.1, 0.15) is 17.0 Å². The van der Waals surface area contributed by atoms with E-state index < -0.39 is 0 Å². The van der Waals surface area contributed by atoms with Gasteiger partial charge in [0, 0.05) is 6.07 Å². The van der Waals surface area contributed by atoms with Gasteiger partial charge in [-0.1, -0.05) is 11.2 Å². The lowest BCUT2D eigenvalue weighted by Gasteiger charge is -2.03. The van der Waals surface area contributed by atoms with Crippen molar-refractivity contribution in [1.82, 2.24) is 5.16 Å². The van der Waals surface area contributed by atoms with Gasteiger partial charge in [-0.15, -0.1) is 0 Å². The van der Waals surface area contributed by atoms with Crippen molar-refractivity contribution in [3.05, 3.63) is 47.3 Å². The average Bonchev–Trinajstić information content (AvgIpc) is 2.73. The third kappa shape index (κ3) is 2.39. The molecule has 0 aliphatic carbocycles. The van der Waals surface area contributed by atoms with E-state index >= 15 is 0 Å². The van der Waals surface area contributed by atoms with E-state index in [0.717, 1.165) is 11.5 Å². The standard InChI is InChI=1S/C12H10N2O2/c1-9-5-11(14-16-9)8-15-12-4-2-3-10(6-12)7-13/h2-6H,8H2,1H3. The van der Waals surface area contributed by atoms with E-state index in [1.165, 1.54) is 0 Å². The third-order valence-electron chi connectivity index (χ3n) is 2.03. The number of aromatic nitrogens is 1. The van der Waals surface area contributed by atoms with Gasteiger partial charge in [-0.05, 0) is 25.1 Å². The van der Waals surface area contributed by atoms with Crippen LogP contribution in [0.2, 0.25) is 0 Å². The molecule has 0 spiro atoms. The highest BCUT2D eigenvalue weighted by molar-refractivity contribution is 5.36. The minimum absolute atomic E-state index is 0.340. The van der Waals surface area contributed by atoms with Crippen LogP contribution in [-0.4, -0.2) is 5.16 Å². The first-order chi connectivity index (χ1) is 7.78. The highest BCUT2D eigenvalue weighted by Gasteiger charge is 2.01. The van der Waals surface area contributed by atoms with Crippen molar-refractivity contribution in [1.29, 1.82) is 5.26 Å². The second kappa shape index (κ2) is 4.49. The number of nitriles is 1. The van der Waals surface area contributed by atoms with Crippen molar-refractivity contribution >= 4 is 0 Å². The van der Waals surface area contributed by atoms with Gasteiger partial charge in [0.15, 0.2) is 0 Å². The van der Waals surface area contributed by atoms with Gasteiger partial charge in [-0.25, -0.2) is 0 Å². The Morgan fingerprint density at radius 3 is 3.00 bits per heavy atom. The molecule has 2 aromatic rings. The highest BCUT2D eigenvalue weighted by atomic mass is 16.5. The molecular weight excluding hydrogens is 204 g/mol. The minimum atomic E-state index is 0.340. The first-order valence-corrected chi connectivity index (χ1v) is 4.83. The molecule has 1 aromatic heterocycles. The van der Waals surface area contributed by atoms with E-state index in [9.17, 15) is 0 Å². The van der Waals surface area contributed by atoms with Crippen molar-refractivity contribution in [3.63, 3.8) is 0 Å². The van der Waals surface area contributed by atoms with Crippen LogP contribution < -0.4 is 4.74 Å². The van der Waals surface area contributed by atoms with Crippen LogP contribution >= 0.6 is 0 Å². The molecule has 0 N–H and O–H groups in total. The topological polar surface area (TPSA) is 59.0 Å². The maximum atomic E-state index is 8.72. The number of nitrogens with zero attached hydrogens (tertiary/aromatic N) is 2. The summed E-state index contributed by atoms with van der Waals surface area (Å²) in [4.78, 5) is 0. The van der Waals surface area contributed by atoms with Crippen LogP contribution in [-0.2, 0) is 6.61 Å². The lowest BCUT2D eigenvalue weighted by Crippen LogP contribution is -1.95. The van der Waals surface area contributed by atoms with Gasteiger partial charge in [0.2, 0.25) is 0 Å². The van der Waals surface area contributed by atoms with Crippen molar-refractivity contribution in [2.75, 3.05) is 0 Å². The quantitative estimate of drug-likeness (QED) is 0.787. The lowest BCUT2D eigenvalue weighted by molar-refractivity contribution is 0.288. The summed E-state index contributed by atoms with van der Waals surface area (Å²) in [6.45, 7) is 2.17. The highest BCUT2D eigenvalue weighted by Crippen LogP contribution is 2.14. The predicted octanol–water partition coefficient (Wildman–Crippen LogP) is 2.43. The molecule has 1 aromatic carbocycles. The van der Waals surface area contributed by atoms with E-state index in [0.29, 0.717) is 17.9 Å². The second-order valence-corrected chi connectivity index (χ2v) is 3.36. The summed E-state index contributed by atoms with van der Waals surface area (Å²) in [6, 6.07) is 10.9. The summed E-state index contributed by atoms with van der Waals surface area (Å²) in [5.41, 5.74) is 1.31. The first-order valence-electron chi connectivity index (χ1n) is 4.83. The van der Waals surface area contributed by atoms with Crippen molar-refractivity contribution in [3.8, 4) is 11.8 Å². The van der Waals surface area contributed by atoms with Crippen molar-refractivity contribution < 1.29 is 9.26 Å². The Hall–Kier alpha value is -2.28. The van der Waals surface area contributed by atoms with E-state index in [2.05, 4.69) is 11.2 Å². The summed E-state index contributed by atoms with van der Waals surface area (Å²) >= 11 is 0. The van der Waals surface area contributed by atoms with E-state index in [4.69, 9.17) is 14.5 Å². The Morgan fingerprint density at radius 1 is 1.44 bits per heavy atom. The Morgan fingerprint density at radius 2 is 2.31 bits per heavy atom. The molecule has 0 unspecified atom stereocenters. The largest absolute Gasteiger partial charge is 0.487 e. The Kier molecular flexibility index (Phi) is 2.88. The monoisotopic (exact) mass is 214 g/mol. The molecular formula is C12H10N2O2. The molecule has 0 fully saturated rings.